The Labute approximate surface area is 144 Å². The number of hydrogen-bond acceptors (Lipinski definition) is 6. The van der Waals surface area contributed by atoms with Gasteiger partial charge in [-0.2, -0.15) is 0 Å². The molecule has 25 heavy (non-hydrogen) atoms. The Hall–Kier alpha value is -3.42. The molecule has 0 saturated heterocycles. The summed E-state index contributed by atoms with van der Waals surface area (Å²) in [5.74, 6) is -0.782. The molecule has 8 heteroatoms. The molecule has 2 N–H and O–H groups in total. The molecule has 0 spiro atoms. The minimum Gasteiger partial charge on any atom is -0.465 e. The van der Waals surface area contributed by atoms with Crippen molar-refractivity contribution < 1.29 is 19.2 Å². The summed E-state index contributed by atoms with van der Waals surface area (Å²) >= 11 is 0. The third-order valence-electron chi connectivity index (χ3n) is 3.43. The maximum atomic E-state index is 12.0. The molecule has 0 atom stereocenters. The molecular formula is C17H17N3O5. The van der Waals surface area contributed by atoms with Crippen LogP contribution in [-0.2, 0) is 9.53 Å². The van der Waals surface area contributed by atoms with Gasteiger partial charge in [-0.25, -0.2) is 4.79 Å². The molecular weight excluding hydrogens is 326 g/mol. The summed E-state index contributed by atoms with van der Waals surface area (Å²) in [5.41, 5.74) is 2.03. The van der Waals surface area contributed by atoms with Crippen molar-refractivity contribution >= 4 is 28.9 Å². The Morgan fingerprint density at radius 2 is 1.96 bits per heavy atom. The molecule has 8 nitrogen and oxygen atoms in total. The van der Waals surface area contributed by atoms with E-state index in [4.69, 9.17) is 0 Å². The largest absolute Gasteiger partial charge is 0.465 e. The van der Waals surface area contributed by atoms with E-state index in [1.807, 2.05) is 0 Å². The standard InChI is InChI=1S/C17H17N3O5/c1-11-8-14(20(23)24)6-7-15(11)19-16(21)10-18-13-5-3-4-12(9-13)17(22)25-2/h3-9,18H,10H2,1-2H3,(H,19,21). The highest BCUT2D eigenvalue weighted by Gasteiger charge is 2.11. The van der Waals surface area contributed by atoms with Gasteiger partial charge in [-0.3, -0.25) is 14.9 Å². The topological polar surface area (TPSA) is 111 Å². The number of rotatable bonds is 6. The maximum absolute atomic E-state index is 12.0. The van der Waals surface area contributed by atoms with Crippen LogP contribution in [0.1, 0.15) is 15.9 Å². The number of ether oxygens (including phenoxy) is 1. The molecule has 0 aromatic heterocycles. The number of hydrogen-bond donors (Lipinski definition) is 2. The smallest absolute Gasteiger partial charge is 0.337 e. The van der Waals surface area contributed by atoms with Gasteiger partial charge < -0.3 is 15.4 Å². The fourth-order valence-electron chi connectivity index (χ4n) is 2.15. The van der Waals surface area contributed by atoms with Crippen molar-refractivity contribution in [3.8, 4) is 0 Å². The van der Waals surface area contributed by atoms with Gasteiger partial charge in [0.1, 0.15) is 0 Å². The van der Waals surface area contributed by atoms with Crippen LogP contribution in [0.3, 0.4) is 0 Å². The zero-order valence-corrected chi connectivity index (χ0v) is 13.7. The molecule has 2 aromatic carbocycles. The van der Waals surface area contributed by atoms with Gasteiger partial charge in [0.2, 0.25) is 5.91 Å². The zero-order chi connectivity index (χ0) is 18.4. The van der Waals surface area contributed by atoms with Crippen LogP contribution in [0.4, 0.5) is 17.1 Å². The van der Waals surface area contributed by atoms with Gasteiger partial charge in [0.15, 0.2) is 0 Å². The lowest BCUT2D eigenvalue weighted by Crippen LogP contribution is -2.22. The Kier molecular flexibility index (Phi) is 5.67. The van der Waals surface area contributed by atoms with Crippen molar-refractivity contribution in [1.82, 2.24) is 0 Å². The Bertz CT molecular complexity index is 820. The predicted molar refractivity (Wildman–Crippen MR) is 92.7 cm³/mol. The second kappa shape index (κ2) is 7.91. The highest BCUT2D eigenvalue weighted by molar-refractivity contribution is 5.95. The van der Waals surface area contributed by atoms with E-state index in [1.54, 1.807) is 31.2 Å². The average Bonchev–Trinajstić information content (AvgIpc) is 2.61. The van der Waals surface area contributed by atoms with Gasteiger partial charge in [0.25, 0.3) is 5.69 Å². The van der Waals surface area contributed by atoms with Crippen molar-refractivity contribution in [2.45, 2.75) is 6.92 Å². The van der Waals surface area contributed by atoms with Crippen LogP contribution >= 0.6 is 0 Å². The number of esters is 1. The number of carbonyl (C=O) groups is 2. The number of benzene rings is 2. The number of non-ortho nitro benzene ring substituents is 1. The first-order chi connectivity index (χ1) is 11.9. The average molecular weight is 343 g/mol. The first-order valence-corrected chi connectivity index (χ1v) is 7.38. The number of nitro benzene ring substituents is 1. The van der Waals surface area contributed by atoms with E-state index in [1.165, 1.54) is 25.3 Å². The Balaban J connectivity index is 1.97. The molecule has 0 aliphatic rings. The van der Waals surface area contributed by atoms with E-state index in [-0.39, 0.29) is 18.1 Å². The van der Waals surface area contributed by atoms with E-state index in [0.29, 0.717) is 22.5 Å². The van der Waals surface area contributed by atoms with E-state index in [0.717, 1.165) is 0 Å². The lowest BCUT2D eigenvalue weighted by atomic mass is 10.2. The monoisotopic (exact) mass is 343 g/mol. The minimum absolute atomic E-state index is 0.0267. The first kappa shape index (κ1) is 17.9. The third-order valence-corrected chi connectivity index (χ3v) is 3.43. The van der Waals surface area contributed by atoms with Crippen molar-refractivity contribution in [1.29, 1.82) is 0 Å². The van der Waals surface area contributed by atoms with Crippen molar-refractivity contribution in [2.75, 3.05) is 24.3 Å². The summed E-state index contributed by atoms with van der Waals surface area (Å²) < 4.78 is 4.64. The molecule has 0 fully saturated rings. The lowest BCUT2D eigenvalue weighted by Gasteiger charge is -2.10. The van der Waals surface area contributed by atoms with Crippen molar-refractivity contribution in [3.63, 3.8) is 0 Å². The number of carbonyl (C=O) groups excluding carboxylic acids is 2. The number of amides is 1. The third kappa shape index (κ3) is 4.77. The summed E-state index contributed by atoms with van der Waals surface area (Å²) in [6, 6.07) is 10.8. The Morgan fingerprint density at radius 3 is 2.60 bits per heavy atom. The van der Waals surface area contributed by atoms with Gasteiger partial charge in [-0.05, 0) is 36.8 Å². The fraction of sp³-hybridized carbons (Fsp3) is 0.176. The summed E-state index contributed by atoms with van der Waals surface area (Å²) in [4.78, 5) is 33.7. The van der Waals surface area contributed by atoms with Gasteiger partial charge in [0.05, 0.1) is 24.1 Å². The number of aryl methyl sites for hydroxylation is 1. The number of anilines is 2. The summed E-state index contributed by atoms with van der Waals surface area (Å²) in [6.45, 7) is 1.65. The molecule has 2 rings (SSSR count). The fourth-order valence-corrected chi connectivity index (χ4v) is 2.15. The van der Waals surface area contributed by atoms with Gasteiger partial charge >= 0.3 is 5.97 Å². The molecule has 0 aliphatic carbocycles. The molecule has 0 heterocycles. The number of nitro groups is 1. The van der Waals surface area contributed by atoms with Crippen molar-refractivity contribution in [2.24, 2.45) is 0 Å². The van der Waals surface area contributed by atoms with E-state index in [9.17, 15) is 19.7 Å². The molecule has 0 radical (unpaired) electrons. The lowest BCUT2D eigenvalue weighted by molar-refractivity contribution is -0.384. The Morgan fingerprint density at radius 1 is 1.20 bits per heavy atom. The van der Waals surface area contributed by atoms with Crippen molar-refractivity contribution in [3.05, 3.63) is 63.7 Å². The normalized spacial score (nSPS) is 10.0. The van der Waals surface area contributed by atoms with Crippen LogP contribution in [0, 0.1) is 17.0 Å². The second-order valence-electron chi connectivity index (χ2n) is 5.23. The van der Waals surface area contributed by atoms with Crippen LogP contribution in [0.2, 0.25) is 0 Å². The van der Waals surface area contributed by atoms with Crippen LogP contribution in [0.15, 0.2) is 42.5 Å². The van der Waals surface area contributed by atoms with E-state index < -0.39 is 10.9 Å². The summed E-state index contributed by atoms with van der Waals surface area (Å²) in [6.07, 6.45) is 0. The molecule has 2 aromatic rings. The van der Waals surface area contributed by atoms with Gasteiger partial charge in [-0.1, -0.05) is 6.07 Å². The minimum atomic E-state index is -0.492. The molecule has 1 amide bonds. The quantitative estimate of drug-likeness (QED) is 0.474. The van der Waals surface area contributed by atoms with Crippen LogP contribution in [-0.4, -0.2) is 30.5 Å². The van der Waals surface area contributed by atoms with Gasteiger partial charge in [0, 0.05) is 23.5 Å². The van der Waals surface area contributed by atoms with Gasteiger partial charge in [-0.15, -0.1) is 0 Å². The SMILES string of the molecule is COC(=O)c1cccc(NCC(=O)Nc2ccc([N+](=O)[O-])cc2C)c1. The molecule has 0 aliphatic heterocycles. The number of nitrogens with zero attached hydrogens (tertiary/aromatic N) is 1. The van der Waals surface area contributed by atoms with Crippen LogP contribution < -0.4 is 10.6 Å². The van der Waals surface area contributed by atoms with E-state index in [2.05, 4.69) is 15.4 Å². The number of nitrogens with one attached hydrogen (secondary N) is 2. The highest BCUT2D eigenvalue weighted by atomic mass is 16.6. The summed E-state index contributed by atoms with van der Waals surface area (Å²) in [7, 11) is 1.29. The molecule has 0 bridgehead atoms. The van der Waals surface area contributed by atoms with Crippen LogP contribution in [0.25, 0.3) is 0 Å². The maximum Gasteiger partial charge on any atom is 0.337 e. The highest BCUT2D eigenvalue weighted by Crippen LogP contribution is 2.21. The summed E-state index contributed by atoms with van der Waals surface area (Å²) in [5, 5.41) is 16.3. The molecule has 0 saturated carbocycles. The van der Waals surface area contributed by atoms with E-state index >= 15 is 0 Å². The zero-order valence-electron chi connectivity index (χ0n) is 13.7. The predicted octanol–water partition coefficient (Wildman–Crippen LogP) is 2.74. The molecule has 0 unspecified atom stereocenters. The first-order valence-electron chi connectivity index (χ1n) is 7.38. The molecule has 130 valence electrons. The second-order valence-corrected chi connectivity index (χ2v) is 5.23. The number of methoxy groups -OCH3 is 1. The van der Waals surface area contributed by atoms with Crippen LogP contribution in [0.5, 0.6) is 0 Å².